The number of aliphatic carboxylic acids is 6. The first-order valence-electron chi connectivity index (χ1n) is 5.47. The third kappa shape index (κ3) is 5.10. The van der Waals surface area contributed by atoms with E-state index in [9.17, 15) is 28.8 Å². The molecule has 0 fully saturated rings. The number of rotatable bonds is 8. The summed E-state index contributed by atoms with van der Waals surface area (Å²) in [4.78, 5) is 65.6. The summed E-state index contributed by atoms with van der Waals surface area (Å²) in [5.41, 5.74) is -6.56. The third-order valence-electron chi connectivity index (χ3n) is 2.21. The first kappa shape index (κ1) is 20.0. The molecule has 6 N–H and O–H groups in total. The van der Waals surface area contributed by atoms with Gasteiger partial charge in [0.15, 0.2) is 0 Å². The van der Waals surface area contributed by atoms with E-state index in [1.165, 1.54) is 0 Å². The molecule has 0 amide bonds. The van der Waals surface area contributed by atoms with Gasteiger partial charge in [-0.1, -0.05) is 0 Å². The van der Waals surface area contributed by atoms with Gasteiger partial charge in [0.05, 0.1) is 22.3 Å². The molecule has 24 heavy (non-hydrogen) atoms. The lowest BCUT2D eigenvalue weighted by Gasteiger charge is -2.10. The first-order valence-corrected chi connectivity index (χ1v) is 5.47. The molecule has 0 aliphatic rings. The topological polar surface area (TPSA) is 224 Å². The second-order valence-corrected chi connectivity index (χ2v) is 3.76. The molecule has 0 aliphatic heterocycles. The van der Waals surface area contributed by atoms with Crippen molar-refractivity contribution in [1.29, 1.82) is 0 Å². The van der Waals surface area contributed by atoms with Crippen LogP contribution in [0.2, 0.25) is 0 Å². The minimum atomic E-state index is -2.29. The monoisotopic (exact) mass is 344 g/mol. The normalized spacial score (nSPS) is 12.8. The summed E-state index contributed by atoms with van der Waals surface area (Å²) < 4.78 is 0. The van der Waals surface area contributed by atoms with Crippen LogP contribution in [0.5, 0.6) is 0 Å². The highest BCUT2D eigenvalue weighted by Gasteiger charge is 2.33. The third-order valence-corrected chi connectivity index (χ3v) is 2.21. The van der Waals surface area contributed by atoms with Crippen molar-refractivity contribution in [2.24, 2.45) is 0 Å². The van der Waals surface area contributed by atoms with E-state index >= 15 is 0 Å². The fraction of sp³-hybridized carbons (Fsp3) is 0. The molecular weight excluding hydrogens is 336 g/mol. The molecule has 0 heterocycles. The van der Waals surface area contributed by atoms with Crippen LogP contribution in [-0.4, -0.2) is 66.5 Å². The summed E-state index contributed by atoms with van der Waals surface area (Å²) in [7, 11) is 0. The zero-order valence-corrected chi connectivity index (χ0v) is 11.3. The number of hydrogen-bond acceptors (Lipinski definition) is 6. The number of hydrogen-bond donors (Lipinski definition) is 6. The van der Waals surface area contributed by atoms with Crippen LogP contribution < -0.4 is 0 Å². The summed E-state index contributed by atoms with van der Waals surface area (Å²) >= 11 is 0. The highest BCUT2D eigenvalue weighted by molar-refractivity contribution is 6.18. The average molecular weight is 344 g/mol. The van der Waals surface area contributed by atoms with E-state index in [4.69, 9.17) is 30.6 Å². The summed E-state index contributed by atoms with van der Waals surface area (Å²) in [6.07, 6.45) is -0.343. The maximum Gasteiger partial charge on any atom is 0.337 e. The van der Waals surface area contributed by atoms with Gasteiger partial charge in [0.25, 0.3) is 0 Å². The van der Waals surface area contributed by atoms with Crippen molar-refractivity contribution in [2.45, 2.75) is 0 Å². The predicted octanol–water partition coefficient (Wildman–Crippen LogP) is -1.36. The maximum atomic E-state index is 11.2. The first-order chi connectivity index (χ1) is 10.9. The van der Waals surface area contributed by atoms with Gasteiger partial charge in [-0.3, -0.25) is 0 Å². The molecular formula is C12H8O12. The van der Waals surface area contributed by atoms with Gasteiger partial charge >= 0.3 is 35.8 Å². The van der Waals surface area contributed by atoms with Crippen LogP contribution in [0.15, 0.2) is 34.4 Å². The van der Waals surface area contributed by atoms with Crippen molar-refractivity contribution in [3.05, 3.63) is 34.4 Å². The van der Waals surface area contributed by atoms with E-state index in [1.54, 1.807) is 0 Å². The van der Waals surface area contributed by atoms with Gasteiger partial charge in [0.2, 0.25) is 0 Å². The lowest BCUT2D eigenvalue weighted by Crippen LogP contribution is -2.22. The Kier molecular flexibility index (Phi) is 6.58. The van der Waals surface area contributed by atoms with Gasteiger partial charge in [-0.15, -0.1) is 0 Å². The molecule has 128 valence electrons. The van der Waals surface area contributed by atoms with Crippen molar-refractivity contribution in [3.63, 3.8) is 0 Å². The van der Waals surface area contributed by atoms with E-state index in [1.807, 2.05) is 0 Å². The molecule has 12 nitrogen and oxygen atoms in total. The summed E-state index contributed by atoms with van der Waals surface area (Å²) in [5.74, 6) is -12.9. The van der Waals surface area contributed by atoms with Crippen molar-refractivity contribution >= 4 is 35.8 Å². The Morgan fingerprint density at radius 2 is 0.708 bits per heavy atom. The molecule has 0 rings (SSSR count). The van der Waals surface area contributed by atoms with Gasteiger partial charge in [-0.2, -0.15) is 0 Å². The minimum Gasteiger partial charge on any atom is -0.478 e. The molecule has 0 aromatic carbocycles. The smallest absolute Gasteiger partial charge is 0.337 e. The fourth-order valence-electron chi connectivity index (χ4n) is 1.44. The van der Waals surface area contributed by atoms with E-state index < -0.39 is 58.1 Å². The van der Waals surface area contributed by atoms with Gasteiger partial charge in [-0.05, 0) is 0 Å². The summed E-state index contributed by atoms with van der Waals surface area (Å²) in [6, 6.07) is 0. The van der Waals surface area contributed by atoms with Crippen LogP contribution in [0.25, 0.3) is 0 Å². The molecule has 0 bridgehead atoms. The zero-order valence-electron chi connectivity index (χ0n) is 11.3. The van der Waals surface area contributed by atoms with Crippen molar-refractivity contribution in [3.8, 4) is 0 Å². The predicted molar refractivity (Wildman–Crippen MR) is 69.0 cm³/mol. The molecule has 0 unspecified atom stereocenters. The highest BCUT2D eigenvalue weighted by atomic mass is 16.4. The number of carbonyl (C=O) groups is 6. The summed E-state index contributed by atoms with van der Waals surface area (Å²) in [5, 5.41) is 52.8. The Morgan fingerprint density at radius 3 is 0.833 bits per heavy atom. The standard InChI is InChI=1S/C12H8O12/c13-5(14)1-3(9(17)18)7(11(21)22)8(12(23)24)4(10(19)20)2-6(15)16/h1-2H,(H,13,14)(H,15,16)(H,17,18)(H,19,20)(H,21,22)(H,23,24)/b3-1-,4-2-,8-7-. The molecule has 0 saturated carbocycles. The number of carboxylic acids is 6. The molecule has 0 aromatic heterocycles. The van der Waals surface area contributed by atoms with Gasteiger partial charge in [0, 0.05) is 12.2 Å². The lowest BCUT2D eigenvalue weighted by molar-refractivity contribution is -0.138. The second-order valence-electron chi connectivity index (χ2n) is 3.76. The largest absolute Gasteiger partial charge is 0.478 e. The Balaban J connectivity index is 7.16. The number of carboxylic acid groups (broad SMARTS) is 6. The quantitative estimate of drug-likeness (QED) is 0.222. The van der Waals surface area contributed by atoms with Crippen LogP contribution in [0.1, 0.15) is 0 Å². The van der Waals surface area contributed by atoms with Gasteiger partial charge in [-0.25, -0.2) is 28.8 Å². The van der Waals surface area contributed by atoms with Crippen LogP contribution in [-0.2, 0) is 28.8 Å². The Bertz CT molecular complexity index is 671. The lowest BCUT2D eigenvalue weighted by atomic mass is 9.93. The fourth-order valence-corrected chi connectivity index (χ4v) is 1.44. The van der Waals surface area contributed by atoms with E-state index in [2.05, 4.69) is 0 Å². The van der Waals surface area contributed by atoms with E-state index in [0.717, 1.165) is 0 Å². The summed E-state index contributed by atoms with van der Waals surface area (Å²) in [6.45, 7) is 0. The Labute approximate surface area is 130 Å². The van der Waals surface area contributed by atoms with Crippen molar-refractivity contribution < 1.29 is 59.4 Å². The maximum absolute atomic E-state index is 11.2. The highest BCUT2D eigenvalue weighted by Crippen LogP contribution is 2.23. The molecule has 0 saturated heterocycles. The molecule has 0 spiro atoms. The van der Waals surface area contributed by atoms with Crippen molar-refractivity contribution in [2.75, 3.05) is 0 Å². The second kappa shape index (κ2) is 7.88. The molecule has 12 heteroatoms. The zero-order chi connectivity index (χ0) is 19.2. The van der Waals surface area contributed by atoms with Gasteiger partial charge in [0.1, 0.15) is 0 Å². The molecule has 0 aromatic rings. The molecule has 0 radical (unpaired) electrons. The Morgan fingerprint density at radius 1 is 0.458 bits per heavy atom. The minimum absolute atomic E-state index is 0.172. The van der Waals surface area contributed by atoms with E-state index in [0.29, 0.717) is 0 Å². The van der Waals surface area contributed by atoms with Crippen LogP contribution >= 0.6 is 0 Å². The van der Waals surface area contributed by atoms with E-state index in [-0.39, 0.29) is 12.2 Å². The molecule has 0 atom stereocenters. The van der Waals surface area contributed by atoms with Crippen LogP contribution in [0, 0.1) is 0 Å². The van der Waals surface area contributed by atoms with Crippen LogP contribution in [0.3, 0.4) is 0 Å². The average Bonchev–Trinajstić information content (AvgIpc) is 2.38. The van der Waals surface area contributed by atoms with Crippen LogP contribution in [0.4, 0.5) is 0 Å². The van der Waals surface area contributed by atoms with Crippen molar-refractivity contribution in [1.82, 2.24) is 0 Å². The molecule has 0 aliphatic carbocycles. The van der Waals surface area contributed by atoms with Gasteiger partial charge < -0.3 is 30.6 Å². The Hall–Kier alpha value is -3.96. The SMILES string of the molecule is O=C(O)/C=C(C(=O)O)/C(C(=O)O)=C(C(=O)O)\C(=C\C(=O)O)C(=O)O.